The highest BCUT2D eigenvalue weighted by molar-refractivity contribution is 6.16. The van der Waals surface area contributed by atoms with Gasteiger partial charge in [-0.25, -0.2) is 17.6 Å². The molecule has 0 aromatic heterocycles. The van der Waals surface area contributed by atoms with Crippen LogP contribution in [-0.4, -0.2) is 17.9 Å². The minimum Gasteiger partial charge on any atom is -0.303 e. The summed E-state index contributed by atoms with van der Waals surface area (Å²) in [5.74, 6) is -3.56. The van der Waals surface area contributed by atoms with Crippen LogP contribution in [0.15, 0.2) is 47.5 Å². The molecule has 2 fully saturated rings. The second-order valence-corrected chi connectivity index (χ2v) is 6.65. The van der Waals surface area contributed by atoms with E-state index < -0.39 is 29.1 Å². The van der Waals surface area contributed by atoms with Gasteiger partial charge in [-0.15, -0.1) is 0 Å². The van der Waals surface area contributed by atoms with E-state index in [-0.39, 0.29) is 34.4 Å². The van der Waals surface area contributed by atoms with Crippen LogP contribution in [0.1, 0.15) is 24.0 Å². The molecule has 2 aliphatic heterocycles. The summed E-state index contributed by atoms with van der Waals surface area (Å²) < 4.78 is 56.0. The van der Waals surface area contributed by atoms with Gasteiger partial charge in [-0.05, 0) is 49.3 Å². The molecule has 2 aromatic carbocycles. The lowest BCUT2D eigenvalue weighted by Gasteiger charge is -2.26. The van der Waals surface area contributed by atoms with E-state index in [1.54, 1.807) is 0 Å². The van der Waals surface area contributed by atoms with Crippen LogP contribution in [0.2, 0.25) is 0 Å². The molecule has 0 amide bonds. The monoisotopic (exact) mass is 373 g/mol. The summed E-state index contributed by atoms with van der Waals surface area (Å²) in [5.41, 5.74) is -0.222. The Morgan fingerprint density at radius 2 is 1.11 bits per heavy atom. The zero-order valence-electron chi connectivity index (χ0n) is 14.1. The Labute approximate surface area is 153 Å². The highest BCUT2D eigenvalue weighted by atomic mass is 19.1. The smallest absolute Gasteiger partial charge is 0.188 e. The number of carbonyl (C=O) groups excluding carboxylic acids is 1. The molecule has 2 aliphatic rings. The van der Waals surface area contributed by atoms with Crippen LogP contribution in [0, 0.1) is 23.3 Å². The Kier molecular flexibility index (Phi) is 4.44. The molecule has 0 radical (unpaired) electrons. The van der Waals surface area contributed by atoms with Crippen molar-refractivity contribution in [2.75, 3.05) is 0 Å². The number of piperidine rings is 1. The van der Waals surface area contributed by atoms with Crippen LogP contribution in [-0.2, 0) is 4.79 Å². The van der Waals surface area contributed by atoms with Crippen molar-refractivity contribution in [3.05, 3.63) is 81.9 Å². The number of fused-ring (bicyclic) bond motifs is 2. The van der Waals surface area contributed by atoms with Gasteiger partial charge in [0, 0.05) is 34.4 Å². The summed E-state index contributed by atoms with van der Waals surface area (Å²) in [4.78, 5) is 13.0. The summed E-state index contributed by atoms with van der Waals surface area (Å²) in [6.45, 7) is 0. The van der Waals surface area contributed by atoms with Gasteiger partial charge in [0.25, 0.3) is 0 Å². The number of benzene rings is 2. The zero-order valence-corrected chi connectivity index (χ0v) is 14.1. The summed E-state index contributed by atoms with van der Waals surface area (Å²) in [5, 5.41) is 3.19. The summed E-state index contributed by atoms with van der Waals surface area (Å²) in [6.07, 6.45) is 3.57. The Morgan fingerprint density at radius 3 is 1.48 bits per heavy atom. The van der Waals surface area contributed by atoms with Crippen LogP contribution in [0.3, 0.4) is 0 Å². The average molecular weight is 373 g/mol. The third-order valence-electron chi connectivity index (χ3n) is 5.02. The molecular weight excluding hydrogens is 358 g/mol. The van der Waals surface area contributed by atoms with Gasteiger partial charge in [-0.3, -0.25) is 4.79 Å². The number of rotatable bonds is 2. The van der Waals surface area contributed by atoms with E-state index in [1.165, 1.54) is 24.3 Å². The van der Waals surface area contributed by atoms with E-state index >= 15 is 0 Å². The van der Waals surface area contributed by atoms with Crippen LogP contribution in [0.25, 0.3) is 12.2 Å². The predicted molar refractivity (Wildman–Crippen MR) is 93.6 cm³/mol. The maximum absolute atomic E-state index is 14.0. The predicted octanol–water partition coefficient (Wildman–Crippen LogP) is 4.41. The fraction of sp³-hybridized carbons (Fsp3) is 0.190. The highest BCUT2D eigenvalue weighted by Crippen LogP contribution is 2.35. The maximum atomic E-state index is 14.0. The molecule has 1 N–H and O–H groups in total. The number of halogens is 4. The number of carbonyl (C=O) groups is 1. The Hall–Kier alpha value is -2.73. The summed E-state index contributed by atoms with van der Waals surface area (Å²) in [7, 11) is 0. The van der Waals surface area contributed by atoms with Gasteiger partial charge in [0.2, 0.25) is 0 Å². The fourth-order valence-corrected chi connectivity index (χ4v) is 3.66. The second-order valence-electron chi connectivity index (χ2n) is 6.65. The molecule has 2 aromatic rings. The Bertz CT molecular complexity index is 878. The van der Waals surface area contributed by atoms with E-state index in [0.29, 0.717) is 12.8 Å². The lowest BCUT2D eigenvalue weighted by atomic mass is 9.89. The molecular formula is C21H15F4NO. The van der Waals surface area contributed by atoms with Gasteiger partial charge in [0.05, 0.1) is 0 Å². The van der Waals surface area contributed by atoms with Crippen molar-refractivity contribution in [3.8, 4) is 0 Å². The van der Waals surface area contributed by atoms with Gasteiger partial charge in [-0.2, -0.15) is 0 Å². The summed E-state index contributed by atoms with van der Waals surface area (Å²) in [6, 6.07) is 6.24. The van der Waals surface area contributed by atoms with Crippen molar-refractivity contribution >= 4 is 17.9 Å². The van der Waals surface area contributed by atoms with Crippen LogP contribution in [0.4, 0.5) is 17.6 Å². The zero-order chi connectivity index (χ0) is 19.1. The van der Waals surface area contributed by atoms with Crippen molar-refractivity contribution in [1.82, 2.24) is 5.32 Å². The van der Waals surface area contributed by atoms with Crippen molar-refractivity contribution in [3.63, 3.8) is 0 Å². The minimum absolute atomic E-state index is 0.191. The molecule has 2 heterocycles. The second kappa shape index (κ2) is 6.78. The number of hydrogen-bond donors (Lipinski definition) is 1. The largest absolute Gasteiger partial charge is 0.303 e. The van der Waals surface area contributed by atoms with Crippen LogP contribution < -0.4 is 5.32 Å². The lowest BCUT2D eigenvalue weighted by molar-refractivity contribution is -0.113. The molecule has 2 bridgehead atoms. The molecule has 0 spiro atoms. The average Bonchev–Trinajstić information content (AvgIpc) is 3.06. The number of ketones is 1. The molecule has 0 saturated carbocycles. The quantitative estimate of drug-likeness (QED) is 0.624. The minimum atomic E-state index is -0.777. The molecule has 4 rings (SSSR count). The van der Waals surface area contributed by atoms with E-state index in [4.69, 9.17) is 0 Å². The Morgan fingerprint density at radius 1 is 0.741 bits per heavy atom. The maximum Gasteiger partial charge on any atom is 0.188 e. The highest BCUT2D eigenvalue weighted by Gasteiger charge is 2.40. The molecule has 2 unspecified atom stereocenters. The number of Topliss-reactive ketones (excluding diaryl/α,β-unsaturated/α-hetero) is 1. The molecule has 2 saturated heterocycles. The standard InChI is InChI=1S/C21H15F4NO/c22-15-3-1-4-16(23)11(15)9-13-19-7-8-20(26-19)14(21(13)27)10-12-17(24)5-2-6-18(12)25/h1-6,9-10,19-20,26H,7-8H2/b13-9+,14-10+. The normalized spacial score (nSPS) is 24.8. The van der Waals surface area contributed by atoms with Crippen molar-refractivity contribution < 1.29 is 22.4 Å². The van der Waals surface area contributed by atoms with Gasteiger partial charge >= 0.3 is 0 Å². The molecule has 2 atom stereocenters. The lowest BCUT2D eigenvalue weighted by Crippen LogP contribution is -2.42. The molecule has 0 aliphatic carbocycles. The molecule has 138 valence electrons. The topological polar surface area (TPSA) is 29.1 Å². The van der Waals surface area contributed by atoms with Crippen LogP contribution in [0.5, 0.6) is 0 Å². The van der Waals surface area contributed by atoms with E-state index in [1.807, 2.05) is 0 Å². The van der Waals surface area contributed by atoms with E-state index in [9.17, 15) is 22.4 Å². The van der Waals surface area contributed by atoms with E-state index in [2.05, 4.69) is 5.32 Å². The first-order valence-electron chi connectivity index (χ1n) is 8.57. The number of nitrogens with one attached hydrogen (secondary N) is 1. The van der Waals surface area contributed by atoms with Gasteiger partial charge in [0.15, 0.2) is 5.78 Å². The third-order valence-corrected chi connectivity index (χ3v) is 5.02. The Balaban J connectivity index is 1.81. The van der Waals surface area contributed by atoms with E-state index in [0.717, 1.165) is 24.3 Å². The molecule has 27 heavy (non-hydrogen) atoms. The first kappa shape index (κ1) is 17.7. The van der Waals surface area contributed by atoms with Gasteiger partial charge in [-0.1, -0.05) is 12.1 Å². The third kappa shape index (κ3) is 3.10. The number of hydrogen-bond acceptors (Lipinski definition) is 2. The van der Waals surface area contributed by atoms with Gasteiger partial charge in [0.1, 0.15) is 23.3 Å². The van der Waals surface area contributed by atoms with Crippen LogP contribution >= 0.6 is 0 Å². The van der Waals surface area contributed by atoms with Gasteiger partial charge < -0.3 is 5.32 Å². The first-order valence-corrected chi connectivity index (χ1v) is 8.57. The summed E-state index contributed by atoms with van der Waals surface area (Å²) >= 11 is 0. The van der Waals surface area contributed by atoms with Crippen molar-refractivity contribution in [2.24, 2.45) is 0 Å². The fourth-order valence-electron chi connectivity index (χ4n) is 3.66. The molecule has 2 nitrogen and oxygen atoms in total. The van der Waals surface area contributed by atoms with Crippen molar-refractivity contribution in [2.45, 2.75) is 24.9 Å². The molecule has 6 heteroatoms. The first-order chi connectivity index (χ1) is 13.0. The SMILES string of the molecule is O=C1/C(=C/c2c(F)cccc2F)C2CCC(N2)/C1=C\c1c(F)cccc1F. The van der Waals surface area contributed by atoms with Crippen molar-refractivity contribution in [1.29, 1.82) is 0 Å².